The molecule has 27 heavy (non-hydrogen) atoms. The van der Waals surface area contributed by atoms with Crippen LogP contribution in [0.3, 0.4) is 0 Å². The first-order valence-corrected chi connectivity index (χ1v) is 9.71. The van der Waals surface area contributed by atoms with Crippen LogP contribution < -0.4 is 20.7 Å². The Labute approximate surface area is 154 Å². The van der Waals surface area contributed by atoms with Crippen molar-refractivity contribution in [2.75, 3.05) is 0 Å². The molecule has 0 unspecified atom stereocenters. The zero-order valence-electron chi connectivity index (χ0n) is 13.8. The summed E-state index contributed by atoms with van der Waals surface area (Å²) in [6.07, 6.45) is 0. The maximum Gasteiger partial charge on any atom is 0.335 e. The lowest BCUT2D eigenvalue weighted by molar-refractivity contribution is 0.0686. The van der Waals surface area contributed by atoms with E-state index in [4.69, 9.17) is 4.74 Å². The molecule has 1 heterocycles. The van der Waals surface area contributed by atoms with E-state index in [0.717, 1.165) is 0 Å². The van der Waals surface area contributed by atoms with Gasteiger partial charge in [0.05, 0.1) is 21.7 Å². The topological polar surface area (TPSA) is 101 Å². The average molecular weight is 380 g/mol. The fourth-order valence-electron chi connectivity index (χ4n) is 3.13. The van der Waals surface area contributed by atoms with Gasteiger partial charge in [-0.15, -0.1) is 0 Å². The van der Waals surface area contributed by atoms with E-state index < -0.39 is 19.1 Å². The first-order chi connectivity index (χ1) is 12.9. The molecule has 0 amide bonds. The smallest absolute Gasteiger partial charge is 0.335 e. The van der Waals surface area contributed by atoms with Gasteiger partial charge in [0.1, 0.15) is 11.5 Å². The van der Waals surface area contributed by atoms with Crippen molar-refractivity contribution >= 4 is 35.0 Å². The minimum absolute atomic E-state index is 0.0219. The van der Waals surface area contributed by atoms with Crippen LogP contribution in [0, 0.1) is 0 Å². The van der Waals surface area contributed by atoms with Crippen molar-refractivity contribution in [2.24, 2.45) is 0 Å². The molecular formula is C20H13O6P. The molecule has 0 atom stereocenters. The second-order valence-electron chi connectivity index (χ2n) is 6.02. The summed E-state index contributed by atoms with van der Waals surface area (Å²) in [5, 5.41) is 19.6. The fraction of sp³-hybridized carbons (Fsp3) is 0. The van der Waals surface area contributed by atoms with Crippen LogP contribution in [-0.2, 0) is 4.57 Å². The molecule has 3 aromatic rings. The molecule has 0 bridgehead atoms. The first-order valence-electron chi connectivity index (χ1n) is 8.00. The van der Waals surface area contributed by atoms with Gasteiger partial charge in [-0.1, -0.05) is 30.3 Å². The predicted molar refractivity (Wildman–Crippen MR) is 99.8 cm³/mol. The Kier molecular flexibility index (Phi) is 3.86. The maximum absolute atomic E-state index is 14.4. The number of ether oxygens (including phenoxy) is 1. The Bertz CT molecular complexity index is 1070. The van der Waals surface area contributed by atoms with Gasteiger partial charge in [0, 0.05) is 5.30 Å². The van der Waals surface area contributed by atoms with Crippen LogP contribution in [0.4, 0.5) is 0 Å². The van der Waals surface area contributed by atoms with Crippen LogP contribution in [0.1, 0.15) is 20.7 Å². The van der Waals surface area contributed by atoms with Gasteiger partial charge in [-0.3, -0.25) is 0 Å². The lowest BCUT2D eigenvalue weighted by atomic mass is 10.2. The van der Waals surface area contributed by atoms with Crippen molar-refractivity contribution in [3.63, 3.8) is 0 Å². The van der Waals surface area contributed by atoms with Crippen molar-refractivity contribution in [1.29, 1.82) is 0 Å². The fourth-order valence-corrected chi connectivity index (χ4v) is 6.04. The van der Waals surface area contributed by atoms with Crippen LogP contribution >= 0.6 is 7.14 Å². The molecular weight excluding hydrogens is 367 g/mol. The van der Waals surface area contributed by atoms with Gasteiger partial charge in [-0.25, -0.2) is 9.59 Å². The van der Waals surface area contributed by atoms with E-state index in [9.17, 15) is 24.4 Å². The molecule has 2 N–H and O–H groups in total. The third-order valence-corrected chi connectivity index (χ3v) is 7.51. The third kappa shape index (κ3) is 2.62. The highest BCUT2D eigenvalue weighted by Crippen LogP contribution is 2.51. The molecule has 134 valence electrons. The number of benzene rings is 3. The number of carbonyl (C=O) groups is 2. The molecule has 7 heteroatoms. The number of hydrogen-bond donors (Lipinski definition) is 2. The first kappa shape index (κ1) is 17.1. The Morgan fingerprint density at radius 3 is 1.67 bits per heavy atom. The van der Waals surface area contributed by atoms with Crippen LogP contribution in [-0.4, -0.2) is 22.2 Å². The highest BCUT2D eigenvalue weighted by atomic mass is 31.2. The summed E-state index contributed by atoms with van der Waals surface area (Å²) in [6.45, 7) is 0. The van der Waals surface area contributed by atoms with E-state index in [2.05, 4.69) is 0 Å². The highest BCUT2D eigenvalue weighted by Gasteiger charge is 2.40. The zero-order valence-corrected chi connectivity index (χ0v) is 14.7. The summed E-state index contributed by atoms with van der Waals surface area (Å²) in [4.78, 5) is 22.8. The Hall–Kier alpha value is -3.37. The number of carboxylic acid groups (broad SMARTS) is 2. The quantitative estimate of drug-likeness (QED) is 0.530. The average Bonchev–Trinajstić information content (AvgIpc) is 2.68. The molecule has 1 aliphatic heterocycles. The summed E-state index contributed by atoms with van der Waals surface area (Å²) >= 11 is 0. The van der Waals surface area contributed by atoms with E-state index >= 15 is 0 Å². The van der Waals surface area contributed by atoms with Crippen molar-refractivity contribution in [1.82, 2.24) is 0 Å². The predicted octanol–water partition coefficient (Wildman–Crippen LogP) is 2.83. The zero-order chi connectivity index (χ0) is 19.2. The Morgan fingerprint density at radius 1 is 0.741 bits per heavy atom. The van der Waals surface area contributed by atoms with Gasteiger partial charge in [-0.05, 0) is 36.4 Å². The lowest BCUT2D eigenvalue weighted by Gasteiger charge is -2.29. The summed E-state index contributed by atoms with van der Waals surface area (Å²) in [6, 6.07) is 17.0. The second-order valence-corrected chi connectivity index (χ2v) is 8.72. The van der Waals surface area contributed by atoms with Gasteiger partial charge in [0.15, 0.2) is 7.14 Å². The largest absolute Gasteiger partial charge is 0.478 e. The molecule has 4 rings (SSSR count). The van der Waals surface area contributed by atoms with Crippen molar-refractivity contribution < 1.29 is 29.1 Å². The number of fused-ring (bicyclic) bond motifs is 2. The molecule has 0 fully saturated rings. The lowest BCUT2D eigenvalue weighted by Crippen LogP contribution is -2.31. The molecule has 0 saturated carbocycles. The van der Waals surface area contributed by atoms with Crippen molar-refractivity contribution in [2.45, 2.75) is 0 Å². The normalized spacial score (nSPS) is 13.8. The summed E-state index contributed by atoms with van der Waals surface area (Å²) in [7, 11) is -3.53. The van der Waals surface area contributed by atoms with Crippen LogP contribution in [0.15, 0.2) is 66.7 Å². The Balaban J connectivity index is 2.07. The van der Waals surface area contributed by atoms with Gasteiger partial charge in [-0.2, -0.15) is 0 Å². The number of aromatic carboxylic acids is 2. The summed E-state index contributed by atoms with van der Waals surface area (Å²) in [5.41, 5.74) is -0.0438. The minimum atomic E-state index is -3.53. The molecule has 3 aromatic carbocycles. The monoisotopic (exact) mass is 380 g/mol. The van der Waals surface area contributed by atoms with Gasteiger partial charge < -0.3 is 19.5 Å². The minimum Gasteiger partial charge on any atom is -0.478 e. The molecule has 0 radical (unpaired) electrons. The van der Waals surface area contributed by atoms with Crippen LogP contribution in [0.5, 0.6) is 11.5 Å². The van der Waals surface area contributed by atoms with E-state index in [1.54, 1.807) is 30.3 Å². The Morgan fingerprint density at radius 2 is 1.22 bits per heavy atom. The molecule has 1 aliphatic rings. The number of carboxylic acids is 2. The SMILES string of the molecule is O=C(O)c1ccc2c(c1)P(=O)(c1ccccc1)c1cc(C(=O)O)ccc1O2. The van der Waals surface area contributed by atoms with Crippen LogP contribution in [0.2, 0.25) is 0 Å². The molecule has 0 spiro atoms. The van der Waals surface area contributed by atoms with Gasteiger partial charge in [0.2, 0.25) is 0 Å². The van der Waals surface area contributed by atoms with Crippen LogP contribution in [0.25, 0.3) is 0 Å². The van der Waals surface area contributed by atoms with Gasteiger partial charge >= 0.3 is 11.9 Å². The van der Waals surface area contributed by atoms with Crippen molar-refractivity contribution in [3.05, 3.63) is 77.9 Å². The molecule has 0 saturated heterocycles. The molecule has 0 aliphatic carbocycles. The van der Waals surface area contributed by atoms with Gasteiger partial charge in [0.25, 0.3) is 0 Å². The molecule has 0 aromatic heterocycles. The third-order valence-electron chi connectivity index (χ3n) is 4.43. The standard InChI is InChI=1S/C20H13O6P/c21-19(22)12-6-8-15-17(10-12)27(25,14-4-2-1-3-5-14)18-11-13(20(23)24)7-9-16(18)26-15/h1-11H,(H,21,22)(H,23,24). The second kappa shape index (κ2) is 6.11. The van der Waals surface area contributed by atoms with E-state index in [1.165, 1.54) is 36.4 Å². The van der Waals surface area contributed by atoms with Crippen molar-refractivity contribution in [3.8, 4) is 11.5 Å². The van der Waals surface area contributed by atoms with E-state index in [1.807, 2.05) is 0 Å². The number of hydrogen-bond acceptors (Lipinski definition) is 4. The highest BCUT2D eigenvalue weighted by molar-refractivity contribution is 7.85. The number of rotatable bonds is 3. The van der Waals surface area contributed by atoms with E-state index in [-0.39, 0.29) is 21.7 Å². The summed E-state index contributed by atoms with van der Waals surface area (Å²) < 4.78 is 20.2. The maximum atomic E-state index is 14.4. The summed E-state index contributed by atoms with van der Waals surface area (Å²) in [5.74, 6) is -1.71. The van der Waals surface area contributed by atoms with E-state index in [0.29, 0.717) is 16.8 Å². The molecule has 6 nitrogen and oxygen atoms in total.